The Balaban J connectivity index is 1.93. The van der Waals surface area contributed by atoms with Crippen LogP contribution in [0.2, 0.25) is 0 Å². The molecule has 1 amide bonds. The van der Waals surface area contributed by atoms with Gasteiger partial charge in [0.25, 0.3) is 5.91 Å². The van der Waals surface area contributed by atoms with Crippen LogP contribution >= 0.6 is 0 Å². The molecule has 1 heterocycles. The molecule has 2 aromatic rings. The van der Waals surface area contributed by atoms with E-state index in [0.717, 1.165) is 30.5 Å². The fraction of sp³-hybridized carbons (Fsp3) is 0.423. The standard InChI is InChI=1S/C26H33FN2O4/c1-18(13-19-7-9-21(27)10-8-19)16-29(17-26(2)11-6-12-28-26)25(30)20-14-22(31-3)24(33-5)23(15-20)32-4/h7-10,13-15,28H,6,11-12,16-17H2,1-5H3/b18-13+/t26-/m0/s1. The number of amides is 1. The van der Waals surface area contributed by atoms with E-state index in [9.17, 15) is 9.18 Å². The normalized spacial score (nSPS) is 18.2. The molecule has 1 N–H and O–H groups in total. The van der Waals surface area contributed by atoms with Crippen molar-refractivity contribution in [1.29, 1.82) is 0 Å². The molecule has 1 saturated heterocycles. The smallest absolute Gasteiger partial charge is 0.254 e. The van der Waals surface area contributed by atoms with Gasteiger partial charge < -0.3 is 24.4 Å². The number of carbonyl (C=O) groups is 1. The van der Waals surface area contributed by atoms with Crippen LogP contribution in [0, 0.1) is 5.82 Å². The number of ether oxygens (including phenoxy) is 3. The Kier molecular flexibility index (Phi) is 7.97. The van der Waals surface area contributed by atoms with Crippen molar-refractivity contribution in [2.45, 2.75) is 32.2 Å². The lowest BCUT2D eigenvalue weighted by Gasteiger charge is -2.33. The van der Waals surface area contributed by atoms with Crippen LogP contribution in [0.3, 0.4) is 0 Å². The first-order valence-corrected chi connectivity index (χ1v) is 11.1. The summed E-state index contributed by atoms with van der Waals surface area (Å²) in [6.45, 7) is 6.05. The van der Waals surface area contributed by atoms with E-state index in [2.05, 4.69) is 12.2 Å². The lowest BCUT2D eigenvalue weighted by atomic mass is 9.98. The van der Waals surface area contributed by atoms with Crippen LogP contribution in [0.15, 0.2) is 42.0 Å². The van der Waals surface area contributed by atoms with Crippen molar-refractivity contribution in [3.63, 3.8) is 0 Å². The van der Waals surface area contributed by atoms with Crippen molar-refractivity contribution in [2.75, 3.05) is 41.0 Å². The fourth-order valence-electron chi connectivity index (χ4n) is 4.29. The number of halogens is 1. The van der Waals surface area contributed by atoms with Crippen molar-refractivity contribution in [1.82, 2.24) is 10.2 Å². The minimum Gasteiger partial charge on any atom is -0.493 e. The van der Waals surface area contributed by atoms with Crippen LogP contribution < -0.4 is 19.5 Å². The average Bonchev–Trinajstić information content (AvgIpc) is 3.24. The Bertz CT molecular complexity index is 973. The lowest BCUT2D eigenvalue weighted by Crippen LogP contribution is -2.49. The molecule has 1 atom stereocenters. The number of nitrogens with zero attached hydrogens (tertiary/aromatic N) is 1. The molecule has 178 valence electrons. The lowest BCUT2D eigenvalue weighted by molar-refractivity contribution is 0.0727. The second kappa shape index (κ2) is 10.7. The molecule has 1 aliphatic rings. The Labute approximate surface area is 195 Å². The Morgan fingerprint density at radius 1 is 1.12 bits per heavy atom. The summed E-state index contributed by atoms with van der Waals surface area (Å²) in [6, 6.07) is 9.68. The summed E-state index contributed by atoms with van der Waals surface area (Å²) in [6.07, 6.45) is 4.04. The highest BCUT2D eigenvalue weighted by molar-refractivity contribution is 5.96. The molecule has 6 nitrogen and oxygen atoms in total. The molecular formula is C26H33FN2O4. The molecule has 2 aromatic carbocycles. The van der Waals surface area contributed by atoms with Gasteiger partial charge in [-0.1, -0.05) is 23.8 Å². The quantitative estimate of drug-likeness (QED) is 0.600. The number of carbonyl (C=O) groups excluding carboxylic acids is 1. The summed E-state index contributed by atoms with van der Waals surface area (Å²) in [4.78, 5) is 15.6. The highest BCUT2D eigenvalue weighted by atomic mass is 19.1. The van der Waals surface area contributed by atoms with E-state index in [-0.39, 0.29) is 17.3 Å². The molecule has 0 unspecified atom stereocenters. The monoisotopic (exact) mass is 456 g/mol. The van der Waals surface area contributed by atoms with Crippen molar-refractivity contribution in [2.24, 2.45) is 0 Å². The molecule has 0 saturated carbocycles. The number of hydrogen-bond acceptors (Lipinski definition) is 5. The SMILES string of the molecule is COc1cc(C(=O)N(C/C(C)=C/c2ccc(F)cc2)C[C@]2(C)CCCN2)cc(OC)c1OC. The van der Waals surface area contributed by atoms with Gasteiger partial charge >= 0.3 is 0 Å². The van der Waals surface area contributed by atoms with Crippen molar-refractivity contribution in [3.8, 4) is 17.2 Å². The van der Waals surface area contributed by atoms with Gasteiger partial charge in [-0.15, -0.1) is 0 Å². The second-order valence-corrected chi connectivity index (χ2v) is 8.71. The topological polar surface area (TPSA) is 60.0 Å². The maximum Gasteiger partial charge on any atom is 0.254 e. The van der Waals surface area contributed by atoms with Crippen LogP contribution in [0.5, 0.6) is 17.2 Å². The Hall–Kier alpha value is -3.06. The number of rotatable bonds is 9. The van der Waals surface area contributed by atoms with E-state index in [0.29, 0.717) is 35.9 Å². The zero-order valence-corrected chi connectivity index (χ0v) is 20.0. The third-order valence-electron chi connectivity index (χ3n) is 5.92. The zero-order chi connectivity index (χ0) is 24.0. The van der Waals surface area contributed by atoms with Gasteiger partial charge in [-0.05, 0) is 63.1 Å². The van der Waals surface area contributed by atoms with E-state index in [1.54, 1.807) is 24.3 Å². The van der Waals surface area contributed by atoms with Crippen LogP contribution in [0.25, 0.3) is 6.08 Å². The molecule has 33 heavy (non-hydrogen) atoms. The Morgan fingerprint density at radius 3 is 2.27 bits per heavy atom. The first-order valence-electron chi connectivity index (χ1n) is 11.1. The third kappa shape index (κ3) is 6.05. The predicted molar refractivity (Wildman–Crippen MR) is 128 cm³/mol. The van der Waals surface area contributed by atoms with Crippen molar-refractivity contribution >= 4 is 12.0 Å². The van der Waals surface area contributed by atoms with E-state index >= 15 is 0 Å². The van der Waals surface area contributed by atoms with E-state index in [1.165, 1.54) is 33.5 Å². The molecule has 0 spiro atoms. The van der Waals surface area contributed by atoms with Gasteiger partial charge in [0.15, 0.2) is 11.5 Å². The van der Waals surface area contributed by atoms with E-state index in [4.69, 9.17) is 14.2 Å². The second-order valence-electron chi connectivity index (χ2n) is 8.71. The summed E-state index contributed by atoms with van der Waals surface area (Å²) in [5.74, 6) is 0.910. The minimum atomic E-state index is -0.274. The fourth-order valence-corrected chi connectivity index (χ4v) is 4.29. The van der Waals surface area contributed by atoms with Gasteiger partial charge in [-0.3, -0.25) is 4.79 Å². The van der Waals surface area contributed by atoms with Crippen molar-refractivity contribution in [3.05, 3.63) is 58.9 Å². The van der Waals surface area contributed by atoms with E-state index < -0.39 is 0 Å². The molecule has 7 heteroatoms. The van der Waals surface area contributed by atoms with Gasteiger partial charge in [0.05, 0.1) is 21.3 Å². The van der Waals surface area contributed by atoms with E-state index in [1.807, 2.05) is 17.9 Å². The molecular weight excluding hydrogens is 423 g/mol. The Morgan fingerprint density at radius 2 is 1.76 bits per heavy atom. The predicted octanol–water partition coefficient (Wildman–Crippen LogP) is 4.54. The number of methoxy groups -OCH3 is 3. The largest absolute Gasteiger partial charge is 0.493 e. The summed E-state index contributed by atoms with van der Waals surface area (Å²) in [5, 5.41) is 3.54. The van der Waals surface area contributed by atoms with Gasteiger partial charge in [0.2, 0.25) is 5.75 Å². The average molecular weight is 457 g/mol. The molecule has 0 aromatic heterocycles. The maximum atomic E-state index is 13.7. The molecule has 1 fully saturated rings. The van der Waals surface area contributed by atoms with Gasteiger partial charge in [-0.25, -0.2) is 4.39 Å². The summed E-state index contributed by atoms with van der Waals surface area (Å²) in [7, 11) is 4.59. The summed E-state index contributed by atoms with van der Waals surface area (Å²) in [5.41, 5.74) is 2.18. The van der Waals surface area contributed by atoms with Crippen LogP contribution in [0.1, 0.15) is 42.6 Å². The van der Waals surface area contributed by atoms with Gasteiger partial charge in [0, 0.05) is 24.2 Å². The van der Waals surface area contributed by atoms with Gasteiger partial charge in [0.1, 0.15) is 5.82 Å². The molecule has 0 aliphatic carbocycles. The molecule has 3 rings (SSSR count). The highest BCUT2D eigenvalue weighted by Crippen LogP contribution is 2.38. The zero-order valence-electron chi connectivity index (χ0n) is 20.0. The molecule has 0 bridgehead atoms. The summed E-state index contributed by atoms with van der Waals surface area (Å²) < 4.78 is 29.5. The number of nitrogens with one attached hydrogen (secondary N) is 1. The number of benzene rings is 2. The molecule has 0 radical (unpaired) electrons. The minimum absolute atomic E-state index is 0.129. The number of hydrogen-bond donors (Lipinski definition) is 1. The summed E-state index contributed by atoms with van der Waals surface area (Å²) >= 11 is 0. The highest BCUT2D eigenvalue weighted by Gasteiger charge is 2.33. The maximum absolute atomic E-state index is 13.7. The first kappa shape index (κ1) is 24.6. The van der Waals surface area contributed by atoms with Crippen LogP contribution in [0.4, 0.5) is 4.39 Å². The van der Waals surface area contributed by atoms with Gasteiger partial charge in [-0.2, -0.15) is 0 Å². The van der Waals surface area contributed by atoms with Crippen molar-refractivity contribution < 1.29 is 23.4 Å². The molecule has 1 aliphatic heterocycles. The van der Waals surface area contributed by atoms with Crippen LogP contribution in [-0.2, 0) is 0 Å². The van der Waals surface area contributed by atoms with Crippen LogP contribution in [-0.4, -0.2) is 57.3 Å². The third-order valence-corrected chi connectivity index (χ3v) is 5.92. The first-order chi connectivity index (χ1) is 15.8.